The summed E-state index contributed by atoms with van der Waals surface area (Å²) in [6, 6.07) is 10.1. The molecule has 0 unspecified atom stereocenters. The highest BCUT2D eigenvalue weighted by atomic mass is 79.9. The van der Waals surface area contributed by atoms with Crippen LogP contribution in [0.2, 0.25) is 0 Å². The fourth-order valence-corrected chi connectivity index (χ4v) is 3.49. The van der Waals surface area contributed by atoms with Gasteiger partial charge in [0.25, 0.3) is 0 Å². The number of aryl methyl sites for hydroxylation is 2. The normalized spacial score (nSPS) is 11.2. The fraction of sp³-hybridized carbons (Fsp3) is 0.200. The Bertz CT molecular complexity index is 769. The Morgan fingerprint density at radius 2 is 1.71 bits per heavy atom. The van der Waals surface area contributed by atoms with Crippen LogP contribution >= 0.6 is 15.9 Å². The molecule has 4 nitrogen and oxygen atoms in total. The van der Waals surface area contributed by atoms with Crippen molar-refractivity contribution in [1.82, 2.24) is 0 Å². The van der Waals surface area contributed by atoms with Crippen molar-refractivity contribution < 1.29 is 17.3 Å². The third kappa shape index (κ3) is 3.57. The Morgan fingerprint density at radius 3 is 2.38 bits per heavy atom. The van der Waals surface area contributed by atoms with E-state index in [1.807, 2.05) is 19.1 Å². The lowest BCUT2D eigenvalue weighted by Crippen LogP contribution is -2.12. The van der Waals surface area contributed by atoms with E-state index in [0.717, 1.165) is 11.1 Å². The van der Waals surface area contributed by atoms with E-state index in [-0.39, 0.29) is 10.6 Å². The maximum Gasteiger partial charge on any atom is 0.342 e. The second-order valence-electron chi connectivity index (χ2n) is 4.60. The summed E-state index contributed by atoms with van der Waals surface area (Å²) in [5, 5.41) is 0. The van der Waals surface area contributed by atoms with Gasteiger partial charge < -0.3 is 8.92 Å². The van der Waals surface area contributed by atoms with E-state index in [9.17, 15) is 8.42 Å². The topological polar surface area (TPSA) is 52.6 Å². The summed E-state index contributed by atoms with van der Waals surface area (Å²) < 4.78 is 35.9. The second kappa shape index (κ2) is 6.07. The van der Waals surface area contributed by atoms with Gasteiger partial charge in [-0.2, -0.15) is 8.42 Å². The predicted molar refractivity (Wildman–Crippen MR) is 84.4 cm³/mol. The van der Waals surface area contributed by atoms with Crippen LogP contribution in [0.4, 0.5) is 0 Å². The highest BCUT2D eigenvalue weighted by Gasteiger charge is 2.23. The molecule has 0 amide bonds. The lowest BCUT2D eigenvalue weighted by atomic mass is 10.1. The smallest absolute Gasteiger partial charge is 0.342 e. The molecule has 0 aliphatic heterocycles. The minimum absolute atomic E-state index is 0.0136. The first-order valence-corrected chi connectivity index (χ1v) is 8.39. The van der Waals surface area contributed by atoms with Crippen molar-refractivity contribution in [2.24, 2.45) is 0 Å². The van der Waals surface area contributed by atoms with Gasteiger partial charge in [0, 0.05) is 4.47 Å². The molecule has 0 aliphatic rings. The Hall–Kier alpha value is -1.53. The van der Waals surface area contributed by atoms with Crippen LogP contribution in [0.15, 0.2) is 45.8 Å². The molecule has 2 aromatic carbocycles. The summed E-state index contributed by atoms with van der Waals surface area (Å²) in [7, 11) is -2.56. The molecule has 0 heterocycles. The predicted octanol–water partition coefficient (Wildman–Crippen LogP) is 3.84. The Labute approximate surface area is 133 Å². The lowest BCUT2D eigenvalue weighted by molar-refractivity contribution is 0.398. The van der Waals surface area contributed by atoms with Crippen molar-refractivity contribution in [2.75, 3.05) is 7.11 Å². The summed E-state index contributed by atoms with van der Waals surface area (Å²) in [6.45, 7) is 3.67. The van der Waals surface area contributed by atoms with Crippen LogP contribution in [0, 0.1) is 13.8 Å². The molecule has 112 valence electrons. The van der Waals surface area contributed by atoms with Crippen molar-refractivity contribution in [1.29, 1.82) is 0 Å². The van der Waals surface area contributed by atoms with Gasteiger partial charge in [-0.05, 0) is 49.2 Å². The maximum absolute atomic E-state index is 12.5. The van der Waals surface area contributed by atoms with Crippen LogP contribution in [-0.4, -0.2) is 15.5 Å². The van der Waals surface area contributed by atoms with Crippen LogP contribution in [0.3, 0.4) is 0 Å². The lowest BCUT2D eigenvalue weighted by Gasteiger charge is -2.13. The highest BCUT2D eigenvalue weighted by Crippen LogP contribution is 2.31. The molecule has 0 atom stereocenters. The number of hydrogen-bond acceptors (Lipinski definition) is 4. The van der Waals surface area contributed by atoms with E-state index in [1.165, 1.54) is 13.2 Å². The van der Waals surface area contributed by atoms with Crippen molar-refractivity contribution in [3.8, 4) is 11.5 Å². The van der Waals surface area contributed by atoms with E-state index in [1.54, 1.807) is 25.1 Å². The molecule has 21 heavy (non-hydrogen) atoms. The quantitative estimate of drug-likeness (QED) is 0.767. The Balaban J connectivity index is 2.48. The summed E-state index contributed by atoms with van der Waals surface area (Å²) >= 11 is 3.25. The first-order chi connectivity index (χ1) is 9.83. The first kappa shape index (κ1) is 15.9. The van der Waals surface area contributed by atoms with Crippen molar-refractivity contribution in [3.05, 3.63) is 52.0 Å². The summed E-state index contributed by atoms with van der Waals surface area (Å²) in [6.07, 6.45) is 0. The van der Waals surface area contributed by atoms with Gasteiger partial charge in [-0.25, -0.2) is 0 Å². The zero-order valence-electron chi connectivity index (χ0n) is 11.9. The highest BCUT2D eigenvalue weighted by molar-refractivity contribution is 9.10. The average molecular weight is 371 g/mol. The molecule has 0 N–H and O–H groups in total. The third-order valence-electron chi connectivity index (χ3n) is 2.94. The van der Waals surface area contributed by atoms with Crippen LogP contribution < -0.4 is 8.92 Å². The molecule has 0 saturated carbocycles. The van der Waals surface area contributed by atoms with Crippen molar-refractivity contribution in [2.45, 2.75) is 18.7 Å². The standard InChI is InChI=1S/C15H15BrO4S/c1-10-4-5-11(2)14(8-10)20-21(17,18)15-9-12(16)6-7-13(15)19-3/h4-9H,1-3H3. The van der Waals surface area contributed by atoms with Crippen LogP contribution in [-0.2, 0) is 10.1 Å². The monoisotopic (exact) mass is 370 g/mol. The number of rotatable bonds is 4. The van der Waals surface area contributed by atoms with Gasteiger partial charge in [-0.15, -0.1) is 0 Å². The molecular formula is C15H15BrO4S. The van der Waals surface area contributed by atoms with Gasteiger partial charge in [0.05, 0.1) is 7.11 Å². The molecule has 0 aromatic heterocycles. The molecule has 0 radical (unpaired) electrons. The molecule has 0 aliphatic carbocycles. The van der Waals surface area contributed by atoms with E-state index in [0.29, 0.717) is 10.2 Å². The van der Waals surface area contributed by atoms with E-state index < -0.39 is 10.1 Å². The number of benzene rings is 2. The number of ether oxygens (including phenoxy) is 1. The largest absolute Gasteiger partial charge is 0.495 e. The zero-order valence-corrected chi connectivity index (χ0v) is 14.3. The molecule has 0 fully saturated rings. The minimum atomic E-state index is -3.97. The minimum Gasteiger partial charge on any atom is -0.495 e. The van der Waals surface area contributed by atoms with Crippen LogP contribution in [0.1, 0.15) is 11.1 Å². The van der Waals surface area contributed by atoms with Gasteiger partial charge in [-0.3, -0.25) is 0 Å². The Morgan fingerprint density at radius 1 is 1.00 bits per heavy atom. The van der Waals surface area contributed by atoms with E-state index >= 15 is 0 Å². The molecule has 2 aromatic rings. The fourth-order valence-electron chi connectivity index (χ4n) is 1.81. The number of hydrogen-bond donors (Lipinski definition) is 0. The van der Waals surface area contributed by atoms with Gasteiger partial charge in [0.15, 0.2) is 0 Å². The van der Waals surface area contributed by atoms with Gasteiger partial charge in [0.1, 0.15) is 16.4 Å². The first-order valence-electron chi connectivity index (χ1n) is 6.19. The molecule has 0 saturated heterocycles. The second-order valence-corrected chi connectivity index (χ2v) is 7.03. The van der Waals surface area contributed by atoms with Crippen molar-refractivity contribution >= 4 is 26.0 Å². The maximum atomic E-state index is 12.5. The van der Waals surface area contributed by atoms with Crippen molar-refractivity contribution in [3.63, 3.8) is 0 Å². The summed E-state index contributed by atoms with van der Waals surface area (Å²) in [5.41, 5.74) is 1.67. The number of methoxy groups -OCH3 is 1. The summed E-state index contributed by atoms with van der Waals surface area (Å²) in [5.74, 6) is 0.556. The van der Waals surface area contributed by atoms with Crippen LogP contribution in [0.25, 0.3) is 0 Å². The van der Waals surface area contributed by atoms with Gasteiger partial charge in [-0.1, -0.05) is 28.1 Å². The molecule has 0 bridgehead atoms. The average Bonchev–Trinajstić information content (AvgIpc) is 2.42. The van der Waals surface area contributed by atoms with E-state index in [4.69, 9.17) is 8.92 Å². The SMILES string of the molecule is COc1ccc(Br)cc1S(=O)(=O)Oc1cc(C)ccc1C. The molecule has 2 rings (SSSR count). The number of halogens is 1. The van der Waals surface area contributed by atoms with Crippen LogP contribution in [0.5, 0.6) is 11.5 Å². The molecular weight excluding hydrogens is 356 g/mol. The Kier molecular flexibility index (Phi) is 4.58. The molecule has 6 heteroatoms. The van der Waals surface area contributed by atoms with Gasteiger partial charge >= 0.3 is 10.1 Å². The van der Waals surface area contributed by atoms with E-state index in [2.05, 4.69) is 15.9 Å². The van der Waals surface area contributed by atoms with Gasteiger partial charge in [0.2, 0.25) is 0 Å². The zero-order chi connectivity index (χ0) is 15.6. The summed E-state index contributed by atoms with van der Waals surface area (Å²) in [4.78, 5) is -0.0136. The third-order valence-corrected chi connectivity index (χ3v) is 4.69. The molecule has 0 spiro atoms.